The van der Waals surface area contributed by atoms with Crippen LogP contribution in [0.1, 0.15) is 25.8 Å². The van der Waals surface area contributed by atoms with E-state index in [0.29, 0.717) is 34.4 Å². The summed E-state index contributed by atoms with van der Waals surface area (Å²) in [4.78, 5) is 35.9. The molecule has 33 heavy (non-hydrogen) atoms. The van der Waals surface area contributed by atoms with Gasteiger partial charge in [0.1, 0.15) is 15.3 Å². The zero-order valence-electron chi connectivity index (χ0n) is 18.8. The van der Waals surface area contributed by atoms with E-state index in [-0.39, 0.29) is 17.2 Å². The average molecular weight is 483 g/mol. The van der Waals surface area contributed by atoms with Crippen LogP contribution in [0.4, 0.5) is 0 Å². The van der Waals surface area contributed by atoms with Crippen LogP contribution >= 0.6 is 23.1 Å². The molecule has 0 bridgehead atoms. The molecule has 1 aromatic carbocycles. The van der Waals surface area contributed by atoms with Crippen LogP contribution in [0.2, 0.25) is 0 Å². The van der Waals surface area contributed by atoms with Crippen molar-refractivity contribution in [2.45, 2.75) is 32.0 Å². The number of hydrogen-bond donors (Lipinski definition) is 1. The molecular formula is C24H26N4O3S2. The maximum absolute atomic E-state index is 13.5. The second-order valence-corrected chi connectivity index (χ2v) is 10.0. The topological polar surface area (TPSA) is 86.1 Å². The number of thiophene rings is 1. The number of aromatic nitrogens is 3. The van der Waals surface area contributed by atoms with Crippen molar-refractivity contribution in [1.82, 2.24) is 19.9 Å². The summed E-state index contributed by atoms with van der Waals surface area (Å²) in [6.45, 7) is 5.24. The molecule has 0 aliphatic rings. The van der Waals surface area contributed by atoms with Crippen molar-refractivity contribution in [2.75, 3.05) is 19.4 Å². The van der Waals surface area contributed by atoms with Gasteiger partial charge in [0.25, 0.3) is 5.56 Å². The lowest BCUT2D eigenvalue weighted by Crippen LogP contribution is -2.28. The Kier molecular flexibility index (Phi) is 7.29. The fourth-order valence-electron chi connectivity index (χ4n) is 3.39. The van der Waals surface area contributed by atoms with Gasteiger partial charge in [-0.25, -0.2) is 9.97 Å². The lowest BCUT2D eigenvalue weighted by Gasteiger charge is -2.13. The van der Waals surface area contributed by atoms with Crippen LogP contribution < -0.4 is 15.6 Å². The molecule has 0 spiro atoms. The van der Waals surface area contributed by atoms with Crippen LogP contribution in [-0.2, 0) is 11.3 Å². The van der Waals surface area contributed by atoms with Crippen LogP contribution in [0.5, 0.6) is 5.75 Å². The molecule has 0 unspecified atom stereocenters. The molecule has 0 atom stereocenters. The molecule has 172 valence electrons. The maximum Gasteiger partial charge on any atom is 0.272 e. The maximum atomic E-state index is 13.5. The monoisotopic (exact) mass is 482 g/mol. The normalized spacial score (nSPS) is 11.4. The van der Waals surface area contributed by atoms with Gasteiger partial charge in [0.2, 0.25) is 5.91 Å². The number of benzene rings is 1. The van der Waals surface area contributed by atoms with E-state index in [1.54, 1.807) is 17.9 Å². The second kappa shape index (κ2) is 10.4. The standard InChI is InChI=1S/C24H26N4O3S2/c1-15(2)10-12-25-19(29)14-32-24-27-20-18-5-4-11-26-22(18)33-21(20)23(30)28(24)13-16-6-8-17(31-3)9-7-16/h4-9,11,15H,10,12-14H2,1-3H3,(H,25,29). The van der Waals surface area contributed by atoms with Crippen molar-refractivity contribution >= 4 is 49.4 Å². The van der Waals surface area contributed by atoms with E-state index in [9.17, 15) is 9.59 Å². The van der Waals surface area contributed by atoms with Gasteiger partial charge in [0, 0.05) is 18.1 Å². The zero-order valence-corrected chi connectivity index (χ0v) is 20.5. The minimum Gasteiger partial charge on any atom is -0.497 e. The number of amides is 1. The van der Waals surface area contributed by atoms with Gasteiger partial charge in [-0.2, -0.15) is 0 Å². The van der Waals surface area contributed by atoms with E-state index in [0.717, 1.165) is 28.0 Å². The third kappa shape index (κ3) is 5.36. The van der Waals surface area contributed by atoms with Crippen LogP contribution in [0, 0.1) is 5.92 Å². The Hall–Kier alpha value is -2.91. The number of carbonyl (C=O) groups is 1. The van der Waals surface area contributed by atoms with Gasteiger partial charge >= 0.3 is 0 Å². The van der Waals surface area contributed by atoms with E-state index in [1.807, 2.05) is 36.4 Å². The summed E-state index contributed by atoms with van der Waals surface area (Å²) in [5.74, 6) is 1.40. The fraction of sp³-hybridized carbons (Fsp3) is 0.333. The molecule has 0 radical (unpaired) electrons. The van der Waals surface area contributed by atoms with Gasteiger partial charge in [-0.05, 0) is 42.2 Å². The van der Waals surface area contributed by atoms with Gasteiger partial charge in [0.05, 0.1) is 24.9 Å². The van der Waals surface area contributed by atoms with E-state index in [1.165, 1.54) is 23.1 Å². The van der Waals surface area contributed by atoms with Crippen molar-refractivity contribution in [3.8, 4) is 5.75 Å². The molecular weight excluding hydrogens is 456 g/mol. The molecule has 0 saturated heterocycles. The molecule has 3 aromatic heterocycles. The number of hydrogen-bond acceptors (Lipinski definition) is 7. The van der Waals surface area contributed by atoms with Gasteiger partial charge < -0.3 is 10.1 Å². The number of fused-ring (bicyclic) bond motifs is 3. The summed E-state index contributed by atoms with van der Waals surface area (Å²) < 4.78 is 7.45. The van der Waals surface area contributed by atoms with Gasteiger partial charge in [-0.15, -0.1) is 11.3 Å². The van der Waals surface area contributed by atoms with E-state index in [4.69, 9.17) is 9.72 Å². The number of carbonyl (C=O) groups excluding carboxylic acids is 1. The fourth-order valence-corrected chi connectivity index (χ4v) is 5.24. The van der Waals surface area contributed by atoms with Crippen molar-refractivity contribution < 1.29 is 9.53 Å². The Labute approximate surface area is 200 Å². The number of nitrogens with one attached hydrogen (secondary N) is 1. The van der Waals surface area contributed by atoms with Crippen LogP contribution in [-0.4, -0.2) is 39.8 Å². The molecule has 0 aliphatic carbocycles. The lowest BCUT2D eigenvalue weighted by atomic mass is 10.1. The highest BCUT2D eigenvalue weighted by atomic mass is 32.2. The minimum absolute atomic E-state index is 0.0668. The van der Waals surface area contributed by atoms with Crippen molar-refractivity contribution in [3.63, 3.8) is 0 Å². The Balaban J connectivity index is 1.68. The first-order valence-electron chi connectivity index (χ1n) is 10.8. The Morgan fingerprint density at radius 2 is 2.03 bits per heavy atom. The summed E-state index contributed by atoms with van der Waals surface area (Å²) in [7, 11) is 1.62. The molecule has 0 aliphatic heterocycles. The summed E-state index contributed by atoms with van der Waals surface area (Å²) in [6, 6.07) is 11.3. The summed E-state index contributed by atoms with van der Waals surface area (Å²) in [6.07, 6.45) is 2.64. The SMILES string of the molecule is COc1ccc(Cn2c(SCC(=O)NCCC(C)C)nc3c(sc4ncccc43)c2=O)cc1. The third-order valence-corrected chi connectivity index (χ3v) is 7.26. The molecule has 4 aromatic rings. The van der Waals surface area contributed by atoms with Crippen molar-refractivity contribution in [2.24, 2.45) is 5.92 Å². The Bertz CT molecular complexity index is 1330. The predicted octanol–water partition coefficient (Wildman–Crippen LogP) is 4.32. The van der Waals surface area contributed by atoms with E-state index < -0.39 is 0 Å². The number of ether oxygens (including phenoxy) is 1. The first-order valence-corrected chi connectivity index (χ1v) is 12.6. The summed E-state index contributed by atoms with van der Waals surface area (Å²) in [5, 5.41) is 4.32. The first kappa shape index (κ1) is 23.3. The predicted molar refractivity (Wildman–Crippen MR) is 134 cm³/mol. The first-order chi connectivity index (χ1) is 16.0. The van der Waals surface area contributed by atoms with Crippen LogP contribution in [0.25, 0.3) is 20.4 Å². The number of pyridine rings is 1. The van der Waals surface area contributed by atoms with Gasteiger partial charge in [-0.1, -0.05) is 37.7 Å². The van der Waals surface area contributed by atoms with E-state index >= 15 is 0 Å². The lowest BCUT2D eigenvalue weighted by molar-refractivity contribution is -0.118. The summed E-state index contributed by atoms with van der Waals surface area (Å²) >= 11 is 2.63. The molecule has 9 heteroatoms. The molecule has 4 rings (SSSR count). The van der Waals surface area contributed by atoms with Crippen LogP contribution in [0.15, 0.2) is 52.5 Å². The van der Waals surface area contributed by atoms with Crippen molar-refractivity contribution in [3.05, 3.63) is 58.5 Å². The largest absolute Gasteiger partial charge is 0.497 e. The molecule has 7 nitrogen and oxygen atoms in total. The van der Waals surface area contributed by atoms with E-state index in [2.05, 4.69) is 24.1 Å². The smallest absolute Gasteiger partial charge is 0.272 e. The number of methoxy groups -OCH3 is 1. The molecule has 0 fully saturated rings. The average Bonchev–Trinajstić information content (AvgIpc) is 3.19. The number of rotatable bonds is 9. The highest BCUT2D eigenvalue weighted by Crippen LogP contribution is 2.30. The highest BCUT2D eigenvalue weighted by molar-refractivity contribution is 7.99. The number of thioether (sulfide) groups is 1. The molecule has 0 saturated carbocycles. The van der Waals surface area contributed by atoms with Gasteiger partial charge in [0.15, 0.2) is 5.16 Å². The second-order valence-electron chi connectivity index (χ2n) is 8.09. The quantitative estimate of drug-likeness (QED) is 0.283. The number of nitrogens with zero attached hydrogens (tertiary/aromatic N) is 3. The molecule has 1 amide bonds. The molecule has 3 heterocycles. The zero-order chi connectivity index (χ0) is 23.4. The van der Waals surface area contributed by atoms with Gasteiger partial charge in [-0.3, -0.25) is 14.2 Å². The minimum atomic E-state index is -0.124. The molecule has 1 N–H and O–H groups in total. The highest BCUT2D eigenvalue weighted by Gasteiger charge is 2.18. The van der Waals surface area contributed by atoms with Crippen LogP contribution in [0.3, 0.4) is 0 Å². The Morgan fingerprint density at radius 1 is 1.24 bits per heavy atom. The third-order valence-electron chi connectivity index (χ3n) is 5.19. The summed E-state index contributed by atoms with van der Waals surface area (Å²) in [5.41, 5.74) is 1.46. The Morgan fingerprint density at radius 3 is 2.76 bits per heavy atom. The van der Waals surface area contributed by atoms with Crippen molar-refractivity contribution in [1.29, 1.82) is 0 Å².